The van der Waals surface area contributed by atoms with E-state index in [1.165, 1.54) is 0 Å². The third kappa shape index (κ3) is 2.44. The second-order valence-electron chi connectivity index (χ2n) is 4.29. The van der Waals surface area contributed by atoms with E-state index in [9.17, 15) is 4.79 Å². The largest absolute Gasteiger partial charge is 0.292 e. The summed E-state index contributed by atoms with van der Waals surface area (Å²) in [6.45, 7) is 0.254. The van der Waals surface area contributed by atoms with Crippen LogP contribution < -0.4 is 0 Å². The standard InChI is InChI=1S/C15H11BrN2O/c16-13-6-3-5-11(8-13)15(19)10-18-14-7-2-1-4-12(14)9-17-18/h1-9H,10H2. The SMILES string of the molecule is O=C(Cn1ncc2ccccc21)c1cccc(Br)c1. The number of nitrogens with zero attached hydrogens (tertiary/aromatic N) is 2. The molecule has 0 fully saturated rings. The van der Waals surface area contributed by atoms with Crippen LogP contribution in [0, 0.1) is 0 Å². The molecule has 0 saturated heterocycles. The zero-order valence-corrected chi connectivity index (χ0v) is 11.7. The number of hydrogen-bond acceptors (Lipinski definition) is 2. The van der Waals surface area contributed by atoms with Gasteiger partial charge in [-0.3, -0.25) is 9.48 Å². The topological polar surface area (TPSA) is 34.9 Å². The van der Waals surface area contributed by atoms with Crippen LogP contribution in [0.25, 0.3) is 10.9 Å². The average molecular weight is 315 g/mol. The van der Waals surface area contributed by atoms with Crippen LogP contribution >= 0.6 is 15.9 Å². The zero-order valence-electron chi connectivity index (χ0n) is 10.1. The van der Waals surface area contributed by atoms with E-state index in [4.69, 9.17) is 0 Å². The predicted octanol–water partition coefficient (Wildman–Crippen LogP) is 3.68. The summed E-state index contributed by atoms with van der Waals surface area (Å²) in [4.78, 5) is 12.2. The monoisotopic (exact) mass is 314 g/mol. The lowest BCUT2D eigenvalue weighted by atomic mass is 10.1. The Morgan fingerprint density at radius 1 is 1.16 bits per heavy atom. The Balaban J connectivity index is 1.91. The first-order valence-electron chi connectivity index (χ1n) is 5.93. The van der Waals surface area contributed by atoms with E-state index in [-0.39, 0.29) is 12.3 Å². The van der Waals surface area contributed by atoms with Crippen LogP contribution in [-0.2, 0) is 6.54 Å². The molecule has 19 heavy (non-hydrogen) atoms. The number of hydrogen-bond donors (Lipinski definition) is 0. The molecule has 0 aliphatic heterocycles. The summed E-state index contributed by atoms with van der Waals surface area (Å²) in [5.74, 6) is 0.0511. The summed E-state index contributed by atoms with van der Waals surface area (Å²) in [7, 11) is 0. The van der Waals surface area contributed by atoms with Gasteiger partial charge in [-0.1, -0.05) is 46.3 Å². The molecule has 3 nitrogen and oxygen atoms in total. The molecule has 0 atom stereocenters. The van der Waals surface area contributed by atoms with Gasteiger partial charge in [-0.25, -0.2) is 0 Å². The molecule has 0 aliphatic rings. The Kier molecular flexibility index (Phi) is 3.17. The lowest BCUT2D eigenvalue weighted by molar-refractivity contribution is 0.0969. The first-order valence-corrected chi connectivity index (χ1v) is 6.73. The smallest absolute Gasteiger partial charge is 0.184 e. The molecule has 1 heterocycles. The summed E-state index contributed by atoms with van der Waals surface area (Å²) in [5, 5.41) is 5.31. The molecule has 0 bridgehead atoms. The lowest BCUT2D eigenvalue weighted by Crippen LogP contribution is -2.11. The molecule has 0 saturated carbocycles. The van der Waals surface area contributed by atoms with E-state index < -0.39 is 0 Å². The van der Waals surface area contributed by atoms with Gasteiger partial charge >= 0.3 is 0 Å². The highest BCUT2D eigenvalue weighted by Gasteiger charge is 2.09. The fraction of sp³-hybridized carbons (Fsp3) is 0.0667. The van der Waals surface area contributed by atoms with Crippen LogP contribution in [0.1, 0.15) is 10.4 Å². The Morgan fingerprint density at radius 3 is 2.84 bits per heavy atom. The summed E-state index contributed by atoms with van der Waals surface area (Å²) >= 11 is 3.37. The van der Waals surface area contributed by atoms with Gasteiger partial charge in [-0.15, -0.1) is 0 Å². The van der Waals surface area contributed by atoms with Crippen molar-refractivity contribution >= 4 is 32.6 Å². The number of fused-ring (bicyclic) bond motifs is 1. The van der Waals surface area contributed by atoms with Crippen molar-refractivity contribution in [3.63, 3.8) is 0 Å². The van der Waals surface area contributed by atoms with Crippen LogP contribution in [-0.4, -0.2) is 15.6 Å². The normalized spacial score (nSPS) is 10.8. The van der Waals surface area contributed by atoms with Crippen molar-refractivity contribution in [2.45, 2.75) is 6.54 Å². The molecule has 0 amide bonds. The number of carbonyl (C=O) groups is 1. The molecule has 0 N–H and O–H groups in total. The molecule has 0 unspecified atom stereocenters. The van der Waals surface area contributed by atoms with Crippen molar-refractivity contribution < 1.29 is 4.79 Å². The highest BCUT2D eigenvalue weighted by molar-refractivity contribution is 9.10. The summed E-state index contributed by atoms with van der Waals surface area (Å²) in [6.07, 6.45) is 1.78. The Labute approximate surface area is 119 Å². The van der Waals surface area contributed by atoms with Gasteiger partial charge in [0, 0.05) is 15.4 Å². The van der Waals surface area contributed by atoms with Gasteiger partial charge < -0.3 is 0 Å². The van der Waals surface area contributed by atoms with Crippen molar-refractivity contribution in [1.29, 1.82) is 0 Å². The third-order valence-corrected chi connectivity index (χ3v) is 3.48. The van der Waals surface area contributed by atoms with E-state index in [0.29, 0.717) is 5.56 Å². The average Bonchev–Trinajstić information content (AvgIpc) is 2.82. The van der Waals surface area contributed by atoms with E-state index >= 15 is 0 Å². The number of benzene rings is 2. The van der Waals surface area contributed by atoms with E-state index in [1.54, 1.807) is 10.9 Å². The Morgan fingerprint density at radius 2 is 2.00 bits per heavy atom. The summed E-state index contributed by atoms with van der Waals surface area (Å²) in [5.41, 5.74) is 1.67. The minimum absolute atomic E-state index is 0.0511. The molecule has 0 radical (unpaired) electrons. The molecule has 0 spiro atoms. The lowest BCUT2D eigenvalue weighted by Gasteiger charge is -2.03. The van der Waals surface area contributed by atoms with Crippen LogP contribution in [0.2, 0.25) is 0 Å². The van der Waals surface area contributed by atoms with Crippen LogP contribution in [0.4, 0.5) is 0 Å². The Bertz CT molecular complexity index is 748. The minimum Gasteiger partial charge on any atom is -0.292 e. The molecule has 1 aromatic heterocycles. The fourth-order valence-corrected chi connectivity index (χ4v) is 2.44. The number of carbonyl (C=O) groups excluding carboxylic acids is 1. The van der Waals surface area contributed by atoms with Crippen molar-refractivity contribution in [2.75, 3.05) is 0 Å². The first kappa shape index (κ1) is 12.1. The van der Waals surface area contributed by atoms with Crippen LogP contribution in [0.3, 0.4) is 0 Å². The van der Waals surface area contributed by atoms with Gasteiger partial charge in [0.1, 0.15) is 6.54 Å². The molecule has 3 aromatic rings. The molecular weight excluding hydrogens is 304 g/mol. The van der Waals surface area contributed by atoms with Gasteiger partial charge in [0.05, 0.1) is 11.7 Å². The van der Waals surface area contributed by atoms with E-state index in [2.05, 4.69) is 21.0 Å². The third-order valence-electron chi connectivity index (χ3n) is 2.99. The van der Waals surface area contributed by atoms with Gasteiger partial charge in [-0.05, 0) is 18.2 Å². The van der Waals surface area contributed by atoms with Gasteiger partial charge in [-0.2, -0.15) is 5.10 Å². The highest BCUT2D eigenvalue weighted by Crippen LogP contribution is 2.15. The van der Waals surface area contributed by atoms with Gasteiger partial charge in [0.15, 0.2) is 5.78 Å². The highest BCUT2D eigenvalue weighted by atomic mass is 79.9. The number of para-hydroxylation sites is 1. The van der Waals surface area contributed by atoms with Crippen molar-refractivity contribution in [3.8, 4) is 0 Å². The quantitative estimate of drug-likeness (QED) is 0.691. The summed E-state index contributed by atoms with van der Waals surface area (Å²) < 4.78 is 2.64. The maximum atomic E-state index is 12.2. The van der Waals surface area contributed by atoms with Crippen molar-refractivity contribution in [1.82, 2.24) is 9.78 Å². The predicted molar refractivity (Wildman–Crippen MR) is 78.2 cm³/mol. The minimum atomic E-state index is 0.0511. The number of ketones is 1. The van der Waals surface area contributed by atoms with Crippen molar-refractivity contribution in [2.24, 2.45) is 0 Å². The summed E-state index contributed by atoms with van der Waals surface area (Å²) in [6, 6.07) is 15.3. The van der Waals surface area contributed by atoms with E-state index in [0.717, 1.165) is 15.4 Å². The molecule has 4 heteroatoms. The number of aromatic nitrogens is 2. The zero-order chi connectivity index (χ0) is 13.2. The second kappa shape index (κ2) is 4.97. The first-order chi connectivity index (χ1) is 9.24. The maximum Gasteiger partial charge on any atom is 0.184 e. The number of Topliss-reactive ketones (excluding diaryl/α,β-unsaturated/α-hetero) is 1. The fourth-order valence-electron chi connectivity index (χ4n) is 2.04. The van der Waals surface area contributed by atoms with Crippen LogP contribution in [0.5, 0.6) is 0 Å². The number of rotatable bonds is 3. The molecule has 3 rings (SSSR count). The van der Waals surface area contributed by atoms with Gasteiger partial charge in [0.25, 0.3) is 0 Å². The molecule has 0 aliphatic carbocycles. The molecule has 94 valence electrons. The van der Waals surface area contributed by atoms with Gasteiger partial charge in [0.2, 0.25) is 0 Å². The van der Waals surface area contributed by atoms with Crippen molar-refractivity contribution in [3.05, 3.63) is 64.8 Å². The number of halogens is 1. The molecule has 2 aromatic carbocycles. The van der Waals surface area contributed by atoms with E-state index in [1.807, 2.05) is 48.5 Å². The second-order valence-corrected chi connectivity index (χ2v) is 5.21. The molecular formula is C15H11BrN2O. The van der Waals surface area contributed by atoms with Crippen LogP contribution in [0.15, 0.2) is 59.2 Å². The maximum absolute atomic E-state index is 12.2. The Hall–Kier alpha value is -1.94.